The number of nitrogens with zero attached hydrogens (tertiary/aromatic N) is 3. The zero-order valence-corrected chi connectivity index (χ0v) is 47.3. The molecule has 4 heteroatoms. The maximum atomic E-state index is 2.74. The summed E-state index contributed by atoms with van der Waals surface area (Å²) in [5.74, 6) is 0. The highest BCUT2D eigenvalue weighted by Gasteiger charge is 2.52. The van der Waals surface area contributed by atoms with Gasteiger partial charge >= 0.3 is 0 Å². The smallest absolute Gasteiger partial charge is 0.252 e. The summed E-state index contributed by atoms with van der Waals surface area (Å²) < 4.78 is 2.57. The third-order valence-electron chi connectivity index (χ3n) is 20.1. The number of benzene rings is 7. The lowest BCUT2D eigenvalue weighted by Crippen LogP contribution is -2.62. The van der Waals surface area contributed by atoms with Crippen LogP contribution in [0.1, 0.15) is 181 Å². The molecule has 2 aliphatic heterocycles. The van der Waals surface area contributed by atoms with Gasteiger partial charge in [-0.15, -0.1) is 0 Å². The van der Waals surface area contributed by atoms with E-state index >= 15 is 0 Å². The third kappa shape index (κ3) is 6.09. The van der Waals surface area contributed by atoms with Gasteiger partial charge in [0.25, 0.3) is 6.71 Å². The molecule has 0 bridgehead atoms. The summed E-state index contributed by atoms with van der Waals surface area (Å²) in [4.78, 5) is 5.48. The van der Waals surface area contributed by atoms with Crippen LogP contribution in [0.2, 0.25) is 0 Å². The molecule has 1 aromatic heterocycles. The second kappa shape index (κ2) is 14.1. The number of aromatic nitrogens is 1. The molecule has 0 spiro atoms. The van der Waals surface area contributed by atoms with Crippen molar-refractivity contribution in [1.82, 2.24) is 4.57 Å². The standard InChI is InChI=1S/C70H76BN3/c1-63(2)37-65(5,6)48-29-41(25-27-46(48)63)72-58-35-52-50(67(9,10)39-69(52,13)14)33-54(58)71-55-34-51-53(70(15,16)40-68(51,11)12)36-59(55)73(42-26-28-47-49(30-42)66(7,8)38-64(47,3)4)61-32-43(31-60(72)62(61)71)74-56-23-19-17-21-44(56)45-22-18-20-24-57(45)74/h17-36H,37-40H2,1-16H3. The molecule has 4 aliphatic carbocycles. The molecule has 74 heavy (non-hydrogen) atoms. The van der Waals surface area contributed by atoms with Crippen LogP contribution in [-0.4, -0.2) is 11.3 Å². The lowest BCUT2D eigenvalue weighted by molar-refractivity contribution is 0.402. The number of anilines is 6. The van der Waals surface area contributed by atoms with Crippen molar-refractivity contribution in [2.75, 3.05) is 9.80 Å². The Bertz CT molecular complexity index is 3580. The summed E-state index contributed by atoms with van der Waals surface area (Å²) >= 11 is 0. The largest absolute Gasteiger partial charge is 0.311 e. The summed E-state index contributed by atoms with van der Waals surface area (Å²) in [5, 5.41) is 2.56. The zero-order chi connectivity index (χ0) is 52.0. The van der Waals surface area contributed by atoms with Crippen molar-refractivity contribution in [3.63, 3.8) is 0 Å². The predicted octanol–water partition coefficient (Wildman–Crippen LogP) is 16.7. The number of hydrogen-bond donors (Lipinski definition) is 0. The van der Waals surface area contributed by atoms with Crippen LogP contribution in [0, 0.1) is 0 Å². The fourth-order valence-corrected chi connectivity index (χ4v) is 18.0. The van der Waals surface area contributed by atoms with E-state index < -0.39 is 0 Å². The molecular weight excluding hydrogens is 894 g/mol. The highest BCUT2D eigenvalue weighted by Crippen LogP contribution is 2.58. The molecule has 374 valence electrons. The normalized spacial score (nSPS) is 21.5. The maximum absolute atomic E-state index is 2.74. The van der Waals surface area contributed by atoms with Gasteiger partial charge in [0.15, 0.2) is 0 Å². The molecule has 6 aliphatic rings. The van der Waals surface area contributed by atoms with Crippen molar-refractivity contribution in [3.8, 4) is 5.69 Å². The van der Waals surface area contributed by atoms with Crippen molar-refractivity contribution in [1.29, 1.82) is 0 Å². The van der Waals surface area contributed by atoms with Crippen molar-refractivity contribution >= 4 is 79.0 Å². The Hall–Kier alpha value is -6.00. The first-order valence-electron chi connectivity index (χ1n) is 28.1. The Morgan fingerprint density at radius 3 is 1.01 bits per heavy atom. The molecule has 0 saturated heterocycles. The second-order valence-corrected chi connectivity index (χ2v) is 29.5. The third-order valence-corrected chi connectivity index (χ3v) is 20.1. The maximum Gasteiger partial charge on any atom is 0.252 e. The molecule has 0 fully saturated rings. The van der Waals surface area contributed by atoms with E-state index in [1.165, 1.54) is 123 Å². The first-order chi connectivity index (χ1) is 34.6. The summed E-state index contributed by atoms with van der Waals surface area (Å²) in [5.41, 5.74) is 28.0. The molecule has 0 N–H and O–H groups in total. The molecule has 8 aromatic rings. The van der Waals surface area contributed by atoms with Gasteiger partial charge in [-0.1, -0.05) is 171 Å². The Morgan fingerprint density at radius 2 is 0.635 bits per heavy atom. The van der Waals surface area contributed by atoms with Crippen molar-refractivity contribution in [3.05, 3.63) is 166 Å². The van der Waals surface area contributed by atoms with Crippen molar-refractivity contribution < 1.29 is 0 Å². The van der Waals surface area contributed by atoms with Gasteiger partial charge in [0.05, 0.1) is 16.7 Å². The first kappa shape index (κ1) is 46.5. The van der Waals surface area contributed by atoms with Gasteiger partial charge in [-0.05, 0) is 191 Å². The molecular formula is C70H76BN3. The molecule has 0 amide bonds. The quantitative estimate of drug-likeness (QED) is 0.164. The number of fused-ring (bicyclic) bond motifs is 11. The van der Waals surface area contributed by atoms with Crippen LogP contribution in [0.5, 0.6) is 0 Å². The topological polar surface area (TPSA) is 11.4 Å². The molecule has 0 radical (unpaired) electrons. The van der Waals surface area contributed by atoms with E-state index in [-0.39, 0.29) is 50.0 Å². The minimum absolute atomic E-state index is 0.00827. The Balaban J connectivity index is 1.17. The van der Waals surface area contributed by atoms with E-state index in [0.717, 1.165) is 25.7 Å². The van der Waals surface area contributed by atoms with Crippen LogP contribution < -0.4 is 26.2 Å². The highest BCUT2D eigenvalue weighted by atomic mass is 15.2. The van der Waals surface area contributed by atoms with Gasteiger partial charge in [-0.25, -0.2) is 0 Å². The van der Waals surface area contributed by atoms with E-state index in [4.69, 9.17) is 0 Å². The van der Waals surface area contributed by atoms with Gasteiger partial charge in [-0.2, -0.15) is 0 Å². The fourth-order valence-electron chi connectivity index (χ4n) is 18.0. The van der Waals surface area contributed by atoms with Crippen LogP contribution in [-0.2, 0) is 43.3 Å². The zero-order valence-electron chi connectivity index (χ0n) is 47.3. The monoisotopic (exact) mass is 970 g/mol. The SMILES string of the molecule is CC1(C)CC(C)(C)c2cc(N3c4cc5c(cc4B4c6cc7c(cc6N(c6ccc8c(c6)C(C)(C)CC8(C)C)c6cc(-n8c9ccccc9c9ccccc98)cc3c64)C(C)(C)CC7(C)C)C(C)(C)CC5(C)C)ccc21. The van der Waals surface area contributed by atoms with E-state index in [1.54, 1.807) is 0 Å². The van der Waals surface area contributed by atoms with Crippen LogP contribution in [0.4, 0.5) is 34.1 Å². The van der Waals surface area contributed by atoms with E-state index in [0.29, 0.717) is 0 Å². The highest BCUT2D eigenvalue weighted by molar-refractivity contribution is 7.00. The molecule has 7 aromatic carbocycles. The van der Waals surface area contributed by atoms with Crippen LogP contribution in [0.15, 0.2) is 121 Å². The molecule has 3 heterocycles. The lowest BCUT2D eigenvalue weighted by Gasteiger charge is -2.46. The number of para-hydroxylation sites is 2. The summed E-state index contributed by atoms with van der Waals surface area (Å²) in [6.45, 7) is 39.7. The Morgan fingerprint density at radius 1 is 0.311 bits per heavy atom. The molecule has 3 nitrogen and oxygen atoms in total. The van der Waals surface area contributed by atoms with E-state index in [2.05, 4.69) is 246 Å². The van der Waals surface area contributed by atoms with Crippen molar-refractivity contribution in [2.24, 2.45) is 0 Å². The van der Waals surface area contributed by atoms with Gasteiger partial charge in [-0.3, -0.25) is 0 Å². The summed E-state index contributed by atoms with van der Waals surface area (Å²) in [6, 6.07) is 49.3. The van der Waals surface area contributed by atoms with Crippen LogP contribution >= 0.6 is 0 Å². The van der Waals surface area contributed by atoms with Crippen LogP contribution in [0.3, 0.4) is 0 Å². The lowest BCUT2D eigenvalue weighted by atomic mass is 9.33. The summed E-state index contributed by atoms with van der Waals surface area (Å²) in [7, 11) is 0. The predicted molar refractivity (Wildman–Crippen MR) is 317 cm³/mol. The molecule has 0 atom stereocenters. The fraction of sp³-hybridized carbons (Fsp3) is 0.400. The van der Waals surface area contributed by atoms with Gasteiger partial charge in [0, 0.05) is 44.9 Å². The van der Waals surface area contributed by atoms with E-state index in [1.807, 2.05) is 0 Å². The van der Waals surface area contributed by atoms with E-state index in [9.17, 15) is 0 Å². The average molecular weight is 970 g/mol. The summed E-state index contributed by atoms with van der Waals surface area (Å²) in [6.07, 6.45) is 4.50. The van der Waals surface area contributed by atoms with Gasteiger partial charge in [0.2, 0.25) is 0 Å². The average Bonchev–Trinajstić information content (AvgIpc) is 3.94. The van der Waals surface area contributed by atoms with Gasteiger partial charge < -0.3 is 14.4 Å². The number of rotatable bonds is 3. The first-order valence-corrected chi connectivity index (χ1v) is 28.1. The molecule has 0 saturated carbocycles. The Labute approximate surface area is 442 Å². The van der Waals surface area contributed by atoms with Crippen LogP contribution in [0.25, 0.3) is 27.5 Å². The second-order valence-electron chi connectivity index (χ2n) is 29.5. The molecule has 0 unspecified atom stereocenters. The number of hydrogen-bond acceptors (Lipinski definition) is 2. The van der Waals surface area contributed by atoms with Gasteiger partial charge in [0.1, 0.15) is 0 Å². The minimum Gasteiger partial charge on any atom is -0.311 e. The molecule has 14 rings (SSSR count). The Kier molecular flexibility index (Phi) is 8.85. The minimum atomic E-state index is 0.00827. The van der Waals surface area contributed by atoms with Crippen molar-refractivity contribution in [2.45, 2.75) is 180 Å².